The lowest BCUT2D eigenvalue weighted by molar-refractivity contribution is -0.731. The Morgan fingerprint density at radius 1 is 0.604 bits per heavy atom. The van der Waals surface area contributed by atoms with Crippen molar-refractivity contribution < 1.29 is 4.57 Å². The summed E-state index contributed by atoms with van der Waals surface area (Å²) in [5.74, 6) is 0.922. The molecule has 0 atom stereocenters. The summed E-state index contributed by atoms with van der Waals surface area (Å²) >= 11 is 0. The molecular formula is C44H41N4+. The molecule has 0 spiro atoms. The molecule has 0 aliphatic carbocycles. The molecule has 8 rings (SSSR count). The van der Waals surface area contributed by atoms with Gasteiger partial charge in [-0.1, -0.05) is 92.7 Å². The van der Waals surface area contributed by atoms with Crippen molar-refractivity contribution >= 4 is 32.8 Å². The molecule has 8 aromatic rings. The lowest BCUT2D eigenvalue weighted by Gasteiger charge is -2.26. The molecule has 3 aromatic heterocycles. The van der Waals surface area contributed by atoms with Crippen LogP contribution >= 0.6 is 0 Å². The zero-order chi connectivity index (χ0) is 33.2. The molecular weight excluding hydrogens is 585 g/mol. The highest BCUT2D eigenvalue weighted by molar-refractivity contribution is 6.09. The topological polar surface area (TPSA) is 26.6 Å². The number of aromatic nitrogens is 4. The van der Waals surface area contributed by atoms with Gasteiger partial charge in [-0.05, 0) is 104 Å². The fraction of sp³-hybridized carbons (Fsp3) is 0.182. The summed E-state index contributed by atoms with van der Waals surface area (Å²) in [5.41, 5.74) is 11.8. The van der Waals surface area contributed by atoms with Crippen molar-refractivity contribution in [3.8, 4) is 22.6 Å². The van der Waals surface area contributed by atoms with Crippen LogP contribution in [0.4, 0.5) is 0 Å². The SMILES string of the molecule is Cc1ccccc1-c1ccnc(-n2c3ccccc3c3ccc(C(C)(C)c4cccc(-n5c[n+](C(C)(C)C)c6ccccc65)c4)cc32)c1. The Morgan fingerprint density at radius 2 is 1.31 bits per heavy atom. The van der Waals surface area contributed by atoms with Gasteiger partial charge in [0.15, 0.2) is 11.0 Å². The van der Waals surface area contributed by atoms with E-state index >= 15 is 0 Å². The van der Waals surface area contributed by atoms with E-state index in [1.54, 1.807) is 0 Å². The predicted octanol–water partition coefficient (Wildman–Crippen LogP) is 10.5. The number of rotatable bonds is 5. The Labute approximate surface area is 282 Å². The Bertz CT molecular complexity index is 2480. The predicted molar refractivity (Wildman–Crippen MR) is 199 cm³/mol. The standard InChI is InChI=1S/C44H41N4/c1-30-14-7-8-17-35(30)31-24-25-45-42(26-31)48-38-19-10-9-18-36(38)37-23-22-33(28-41(37)48)44(5,6)32-15-13-16-34(27-32)46-29-47(43(2,3)4)40-21-12-11-20-39(40)46/h7-29H,1-6H3/q+1. The van der Waals surface area contributed by atoms with Crippen molar-refractivity contribution in [2.45, 2.75) is 52.5 Å². The fourth-order valence-corrected chi connectivity index (χ4v) is 7.27. The minimum Gasteiger partial charge on any atom is -0.294 e. The van der Waals surface area contributed by atoms with Crippen molar-refractivity contribution in [2.24, 2.45) is 0 Å². The largest absolute Gasteiger partial charge is 0.294 e. The summed E-state index contributed by atoms with van der Waals surface area (Å²) in [6.07, 6.45) is 4.19. The Hall–Kier alpha value is -5.48. The first-order valence-electron chi connectivity index (χ1n) is 16.8. The number of aryl methyl sites for hydroxylation is 1. The van der Waals surface area contributed by atoms with E-state index < -0.39 is 0 Å². The van der Waals surface area contributed by atoms with E-state index in [-0.39, 0.29) is 11.0 Å². The quantitative estimate of drug-likeness (QED) is 0.175. The summed E-state index contributed by atoms with van der Waals surface area (Å²) in [5, 5.41) is 2.46. The molecule has 48 heavy (non-hydrogen) atoms. The lowest BCUT2D eigenvalue weighted by Crippen LogP contribution is -2.49. The smallest absolute Gasteiger partial charge is 0.250 e. The van der Waals surface area contributed by atoms with E-state index in [0.29, 0.717) is 0 Å². The van der Waals surface area contributed by atoms with Gasteiger partial charge in [-0.3, -0.25) is 4.57 Å². The average molecular weight is 626 g/mol. The van der Waals surface area contributed by atoms with E-state index in [4.69, 9.17) is 4.98 Å². The first-order valence-corrected chi connectivity index (χ1v) is 16.8. The Kier molecular flexibility index (Phi) is 6.89. The molecule has 0 saturated carbocycles. The van der Waals surface area contributed by atoms with Crippen LogP contribution in [0.15, 0.2) is 140 Å². The molecule has 0 aliphatic heterocycles. The maximum atomic E-state index is 4.93. The van der Waals surface area contributed by atoms with Crippen molar-refractivity contribution in [3.05, 3.63) is 157 Å². The van der Waals surface area contributed by atoms with Crippen LogP contribution < -0.4 is 4.57 Å². The van der Waals surface area contributed by atoms with Crippen molar-refractivity contribution in [2.75, 3.05) is 0 Å². The molecule has 0 radical (unpaired) electrons. The number of benzene rings is 5. The highest BCUT2D eigenvalue weighted by atomic mass is 15.2. The molecule has 0 bridgehead atoms. The average Bonchev–Trinajstić information content (AvgIpc) is 3.65. The van der Waals surface area contributed by atoms with Crippen LogP contribution in [-0.4, -0.2) is 14.1 Å². The van der Waals surface area contributed by atoms with Gasteiger partial charge in [-0.2, -0.15) is 4.57 Å². The molecule has 5 aromatic carbocycles. The maximum Gasteiger partial charge on any atom is 0.250 e. The zero-order valence-corrected chi connectivity index (χ0v) is 28.6. The fourth-order valence-electron chi connectivity index (χ4n) is 7.27. The first-order chi connectivity index (χ1) is 23.1. The molecule has 4 nitrogen and oxygen atoms in total. The summed E-state index contributed by atoms with van der Waals surface area (Å²) < 4.78 is 7.03. The number of imidazole rings is 1. The number of nitrogens with zero attached hydrogens (tertiary/aromatic N) is 4. The van der Waals surface area contributed by atoms with Crippen LogP contribution in [0.3, 0.4) is 0 Å². The van der Waals surface area contributed by atoms with Crippen LogP contribution in [0.2, 0.25) is 0 Å². The third kappa shape index (κ3) is 4.83. The molecule has 0 fully saturated rings. The maximum absolute atomic E-state index is 4.93. The highest BCUT2D eigenvalue weighted by Crippen LogP contribution is 2.38. The summed E-state index contributed by atoms with van der Waals surface area (Å²) in [7, 11) is 0. The third-order valence-corrected chi connectivity index (χ3v) is 10.0. The summed E-state index contributed by atoms with van der Waals surface area (Å²) in [6.45, 7) is 13.6. The van der Waals surface area contributed by atoms with E-state index in [1.807, 2.05) is 6.20 Å². The van der Waals surface area contributed by atoms with Crippen LogP contribution in [0.25, 0.3) is 55.5 Å². The molecule has 0 aliphatic rings. The Balaban J connectivity index is 1.27. The van der Waals surface area contributed by atoms with E-state index in [1.165, 1.54) is 49.6 Å². The molecule has 236 valence electrons. The lowest BCUT2D eigenvalue weighted by atomic mass is 9.77. The van der Waals surface area contributed by atoms with Crippen LogP contribution in [0.1, 0.15) is 51.3 Å². The number of pyridine rings is 1. The molecule has 0 saturated heterocycles. The van der Waals surface area contributed by atoms with Gasteiger partial charge in [0.2, 0.25) is 6.33 Å². The van der Waals surface area contributed by atoms with Crippen molar-refractivity contribution in [1.29, 1.82) is 0 Å². The number of hydrogen-bond acceptors (Lipinski definition) is 1. The molecule has 0 N–H and O–H groups in total. The van der Waals surface area contributed by atoms with E-state index in [0.717, 1.165) is 22.5 Å². The normalized spacial score (nSPS) is 12.4. The van der Waals surface area contributed by atoms with Gasteiger partial charge in [0.1, 0.15) is 17.0 Å². The van der Waals surface area contributed by atoms with Crippen LogP contribution in [0, 0.1) is 6.92 Å². The van der Waals surface area contributed by atoms with Gasteiger partial charge in [0, 0.05) is 22.4 Å². The van der Waals surface area contributed by atoms with Gasteiger partial charge in [-0.25, -0.2) is 9.55 Å². The number of para-hydroxylation sites is 3. The van der Waals surface area contributed by atoms with Crippen molar-refractivity contribution in [1.82, 2.24) is 14.1 Å². The van der Waals surface area contributed by atoms with Gasteiger partial charge < -0.3 is 0 Å². The molecule has 4 heteroatoms. The van der Waals surface area contributed by atoms with Gasteiger partial charge in [0.25, 0.3) is 0 Å². The van der Waals surface area contributed by atoms with Crippen LogP contribution in [0.5, 0.6) is 0 Å². The minimum atomic E-state index is -0.259. The second-order valence-electron chi connectivity index (χ2n) is 14.5. The Morgan fingerprint density at radius 3 is 2.12 bits per heavy atom. The molecule has 3 heterocycles. The van der Waals surface area contributed by atoms with E-state index in [2.05, 4.69) is 189 Å². The summed E-state index contributed by atoms with van der Waals surface area (Å²) in [6, 6.07) is 46.2. The monoisotopic (exact) mass is 625 g/mol. The van der Waals surface area contributed by atoms with Crippen LogP contribution in [-0.2, 0) is 11.0 Å². The minimum absolute atomic E-state index is 0.0378. The number of hydrogen-bond donors (Lipinski definition) is 0. The second kappa shape index (κ2) is 11.1. The van der Waals surface area contributed by atoms with Gasteiger partial charge >= 0.3 is 0 Å². The third-order valence-electron chi connectivity index (χ3n) is 10.0. The zero-order valence-electron chi connectivity index (χ0n) is 28.6. The van der Waals surface area contributed by atoms with E-state index in [9.17, 15) is 0 Å². The molecule has 0 unspecified atom stereocenters. The van der Waals surface area contributed by atoms with Gasteiger partial charge in [0.05, 0.1) is 11.0 Å². The highest BCUT2D eigenvalue weighted by Gasteiger charge is 2.29. The summed E-state index contributed by atoms with van der Waals surface area (Å²) in [4.78, 5) is 4.93. The first kappa shape index (κ1) is 29.9. The molecule has 0 amide bonds. The second-order valence-corrected chi connectivity index (χ2v) is 14.5. The number of fused-ring (bicyclic) bond motifs is 4. The van der Waals surface area contributed by atoms with Gasteiger partial charge in [-0.15, -0.1) is 0 Å². The van der Waals surface area contributed by atoms with Crippen molar-refractivity contribution in [3.63, 3.8) is 0 Å².